The summed E-state index contributed by atoms with van der Waals surface area (Å²) in [5, 5.41) is 3.11. The van der Waals surface area contributed by atoms with Crippen LogP contribution in [0.5, 0.6) is 0 Å². The van der Waals surface area contributed by atoms with Gasteiger partial charge in [-0.05, 0) is 18.8 Å². The van der Waals surface area contributed by atoms with Crippen LogP contribution in [-0.4, -0.2) is 18.4 Å². The second kappa shape index (κ2) is 1.32. The quantitative estimate of drug-likeness (QED) is 0.400. The second-order valence-electron chi connectivity index (χ2n) is 2.69. The predicted octanol–water partition coefficient (Wildman–Crippen LogP) is -0.0643. The summed E-state index contributed by atoms with van der Waals surface area (Å²) in [4.78, 5) is 10.0. The van der Waals surface area contributed by atoms with Gasteiger partial charge < -0.3 is 10.1 Å². The number of carbonyl (C=O) groups is 1. The third-order valence-electron chi connectivity index (χ3n) is 1.94. The first kappa shape index (κ1) is 4.50. The molecule has 1 saturated carbocycles. The van der Waals surface area contributed by atoms with Crippen LogP contribution >= 0.6 is 0 Å². The average molecular weight is 111 g/mol. The standard InChI is InChI=1S/C6H9NO/c8-3-5-6(7-5)4-1-2-4/h3-7H,1-2H2/t5-,6-/m0/s1. The lowest BCUT2D eigenvalue weighted by atomic mass is 10.2. The first-order chi connectivity index (χ1) is 3.92. The Kier molecular flexibility index (Phi) is 0.742. The molecule has 1 N–H and O–H groups in total. The topological polar surface area (TPSA) is 39.0 Å². The third kappa shape index (κ3) is 0.564. The van der Waals surface area contributed by atoms with Crippen molar-refractivity contribution in [2.24, 2.45) is 5.92 Å². The summed E-state index contributed by atoms with van der Waals surface area (Å²) in [6, 6.07) is 0.801. The van der Waals surface area contributed by atoms with Crippen molar-refractivity contribution in [3.8, 4) is 0 Å². The van der Waals surface area contributed by atoms with Gasteiger partial charge in [-0.2, -0.15) is 0 Å². The fourth-order valence-electron chi connectivity index (χ4n) is 1.18. The Balaban J connectivity index is 1.86. The predicted molar refractivity (Wildman–Crippen MR) is 29.5 cm³/mol. The molecule has 1 saturated heterocycles. The fraction of sp³-hybridized carbons (Fsp3) is 0.833. The highest BCUT2D eigenvalue weighted by atomic mass is 16.1. The molecule has 2 fully saturated rings. The summed E-state index contributed by atoms with van der Waals surface area (Å²) < 4.78 is 0. The average Bonchev–Trinajstić information content (AvgIpc) is 2.62. The van der Waals surface area contributed by atoms with Crippen molar-refractivity contribution in [2.45, 2.75) is 24.9 Å². The number of hydrogen-bond donors (Lipinski definition) is 1. The third-order valence-corrected chi connectivity index (χ3v) is 1.94. The zero-order valence-electron chi connectivity index (χ0n) is 4.63. The molecule has 44 valence electrons. The molecule has 1 aliphatic heterocycles. The van der Waals surface area contributed by atoms with Gasteiger partial charge in [0.05, 0.1) is 6.04 Å². The van der Waals surface area contributed by atoms with Crippen LogP contribution in [0.3, 0.4) is 0 Å². The molecule has 1 heterocycles. The lowest BCUT2D eigenvalue weighted by Gasteiger charge is -1.79. The maximum Gasteiger partial charge on any atom is 0.138 e. The van der Waals surface area contributed by atoms with E-state index >= 15 is 0 Å². The van der Waals surface area contributed by atoms with E-state index in [9.17, 15) is 4.79 Å². The lowest BCUT2D eigenvalue weighted by molar-refractivity contribution is -0.107. The normalized spacial score (nSPS) is 44.0. The molecule has 2 rings (SSSR count). The van der Waals surface area contributed by atoms with E-state index in [0.717, 1.165) is 12.2 Å². The number of rotatable bonds is 2. The van der Waals surface area contributed by atoms with Gasteiger partial charge in [0.25, 0.3) is 0 Å². The van der Waals surface area contributed by atoms with E-state index in [1.54, 1.807) is 0 Å². The number of carbonyl (C=O) groups excluding carboxylic acids is 1. The zero-order valence-corrected chi connectivity index (χ0v) is 4.63. The van der Waals surface area contributed by atoms with E-state index in [0.29, 0.717) is 6.04 Å². The van der Waals surface area contributed by atoms with Crippen LogP contribution in [-0.2, 0) is 4.79 Å². The molecule has 2 atom stereocenters. The Morgan fingerprint density at radius 3 is 2.62 bits per heavy atom. The first-order valence-corrected chi connectivity index (χ1v) is 3.13. The Morgan fingerprint density at radius 1 is 1.50 bits per heavy atom. The summed E-state index contributed by atoms with van der Waals surface area (Å²) in [7, 11) is 0. The van der Waals surface area contributed by atoms with E-state index in [1.807, 2.05) is 0 Å². The zero-order chi connectivity index (χ0) is 5.56. The van der Waals surface area contributed by atoms with Crippen LogP contribution in [0.15, 0.2) is 0 Å². The Labute approximate surface area is 48.3 Å². The number of hydrogen-bond acceptors (Lipinski definition) is 2. The summed E-state index contributed by atoms with van der Waals surface area (Å²) in [6.07, 6.45) is 3.69. The minimum Gasteiger partial charge on any atom is -0.302 e. The van der Waals surface area contributed by atoms with Crippen LogP contribution in [0, 0.1) is 5.92 Å². The molecule has 0 unspecified atom stereocenters. The molecular formula is C6H9NO. The van der Waals surface area contributed by atoms with Gasteiger partial charge in [0.15, 0.2) is 0 Å². The van der Waals surface area contributed by atoms with Crippen molar-refractivity contribution in [2.75, 3.05) is 0 Å². The molecule has 0 bridgehead atoms. The van der Waals surface area contributed by atoms with Crippen LogP contribution in [0.1, 0.15) is 12.8 Å². The number of nitrogens with one attached hydrogen (secondary N) is 1. The minimum atomic E-state index is 0.225. The van der Waals surface area contributed by atoms with E-state index in [-0.39, 0.29) is 6.04 Å². The molecule has 0 amide bonds. The molecule has 8 heavy (non-hydrogen) atoms. The van der Waals surface area contributed by atoms with Crippen molar-refractivity contribution < 1.29 is 4.79 Å². The summed E-state index contributed by atoms with van der Waals surface area (Å²) in [6.45, 7) is 0. The molecule has 0 radical (unpaired) electrons. The van der Waals surface area contributed by atoms with Crippen molar-refractivity contribution in [3.63, 3.8) is 0 Å². The highest BCUT2D eigenvalue weighted by molar-refractivity contribution is 5.64. The SMILES string of the molecule is O=C[C@@H]1N[C@H]1C1CC1. The maximum atomic E-state index is 10.0. The molecular weight excluding hydrogens is 102 g/mol. The molecule has 0 aromatic carbocycles. The van der Waals surface area contributed by atoms with Crippen LogP contribution < -0.4 is 5.32 Å². The van der Waals surface area contributed by atoms with Gasteiger partial charge in [-0.3, -0.25) is 0 Å². The molecule has 2 nitrogen and oxygen atoms in total. The van der Waals surface area contributed by atoms with Crippen molar-refractivity contribution >= 4 is 6.29 Å². The van der Waals surface area contributed by atoms with Gasteiger partial charge in [0, 0.05) is 6.04 Å². The molecule has 0 aromatic rings. The Morgan fingerprint density at radius 2 is 2.25 bits per heavy atom. The Bertz CT molecular complexity index is 120. The van der Waals surface area contributed by atoms with E-state index in [2.05, 4.69) is 5.32 Å². The molecule has 2 aliphatic rings. The van der Waals surface area contributed by atoms with E-state index < -0.39 is 0 Å². The van der Waals surface area contributed by atoms with Crippen molar-refractivity contribution in [3.05, 3.63) is 0 Å². The van der Waals surface area contributed by atoms with Gasteiger partial charge in [-0.15, -0.1) is 0 Å². The van der Waals surface area contributed by atoms with Gasteiger partial charge >= 0.3 is 0 Å². The van der Waals surface area contributed by atoms with Crippen LogP contribution in [0.2, 0.25) is 0 Å². The highest BCUT2D eigenvalue weighted by Crippen LogP contribution is 2.38. The van der Waals surface area contributed by atoms with Crippen molar-refractivity contribution in [1.82, 2.24) is 5.32 Å². The largest absolute Gasteiger partial charge is 0.302 e. The number of aldehydes is 1. The van der Waals surface area contributed by atoms with Gasteiger partial charge in [0.2, 0.25) is 0 Å². The Hall–Kier alpha value is -0.370. The van der Waals surface area contributed by atoms with Gasteiger partial charge in [-0.25, -0.2) is 0 Å². The fourth-order valence-corrected chi connectivity index (χ4v) is 1.18. The maximum absolute atomic E-state index is 10.0. The van der Waals surface area contributed by atoms with Crippen LogP contribution in [0.4, 0.5) is 0 Å². The highest BCUT2D eigenvalue weighted by Gasteiger charge is 2.46. The molecule has 2 heteroatoms. The lowest BCUT2D eigenvalue weighted by Crippen LogP contribution is -1.95. The molecule has 0 aromatic heterocycles. The molecule has 0 spiro atoms. The van der Waals surface area contributed by atoms with Gasteiger partial charge in [-0.1, -0.05) is 0 Å². The minimum absolute atomic E-state index is 0.225. The molecule has 1 aliphatic carbocycles. The van der Waals surface area contributed by atoms with Gasteiger partial charge in [0.1, 0.15) is 6.29 Å². The van der Waals surface area contributed by atoms with E-state index in [4.69, 9.17) is 0 Å². The smallest absolute Gasteiger partial charge is 0.138 e. The van der Waals surface area contributed by atoms with Crippen molar-refractivity contribution in [1.29, 1.82) is 0 Å². The summed E-state index contributed by atoms with van der Waals surface area (Å²) in [5.41, 5.74) is 0. The summed E-state index contributed by atoms with van der Waals surface area (Å²) >= 11 is 0. The summed E-state index contributed by atoms with van der Waals surface area (Å²) in [5.74, 6) is 0.852. The van der Waals surface area contributed by atoms with E-state index in [1.165, 1.54) is 12.8 Å². The van der Waals surface area contributed by atoms with Crippen LogP contribution in [0.25, 0.3) is 0 Å². The first-order valence-electron chi connectivity index (χ1n) is 3.13. The monoisotopic (exact) mass is 111 g/mol. The second-order valence-corrected chi connectivity index (χ2v) is 2.69.